The first kappa shape index (κ1) is 9.01. The highest BCUT2D eigenvalue weighted by Gasteiger charge is 2.29. The number of rotatable bonds is 1. The minimum Gasteiger partial charge on any atom is -0.167 e. The van der Waals surface area contributed by atoms with Crippen LogP contribution in [0.1, 0.15) is 6.92 Å². The van der Waals surface area contributed by atoms with E-state index in [0.717, 1.165) is 13.0 Å². The third-order valence-corrected chi connectivity index (χ3v) is 1.15. The summed E-state index contributed by atoms with van der Waals surface area (Å²) in [4.78, 5) is 0. The second-order valence-electron chi connectivity index (χ2n) is 1.54. The molecular weight excluding hydrogens is 197 g/mol. The van der Waals surface area contributed by atoms with Gasteiger partial charge in [-0.1, -0.05) is 22.0 Å². The van der Waals surface area contributed by atoms with Crippen molar-refractivity contribution in [1.29, 1.82) is 0 Å². The maximum Gasteiger partial charge on any atom is 0.412 e. The van der Waals surface area contributed by atoms with Crippen molar-refractivity contribution < 1.29 is 13.2 Å². The molecule has 9 heavy (non-hydrogen) atoms. The molecule has 0 heterocycles. The maximum atomic E-state index is 11.5. The molecule has 0 rings (SSSR count). The van der Waals surface area contributed by atoms with E-state index in [1.54, 1.807) is 0 Å². The Labute approximate surface area is 59.9 Å². The monoisotopic (exact) mass is 202 g/mol. The van der Waals surface area contributed by atoms with Gasteiger partial charge in [-0.05, 0) is 6.92 Å². The van der Waals surface area contributed by atoms with E-state index in [0.29, 0.717) is 0 Å². The van der Waals surface area contributed by atoms with E-state index in [2.05, 4.69) is 15.9 Å². The van der Waals surface area contributed by atoms with Crippen molar-refractivity contribution in [2.45, 2.75) is 13.1 Å². The first-order valence-electron chi connectivity index (χ1n) is 2.28. The van der Waals surface area contributed by atoms with Crippen molar-refractivity contribution in [3.8, 4) is 0 Å². The summed E-state index contributed by atoms with van der Waals surface area (Å²) >= 11 is 2.87. The van der Waals surface area contributed by atoms with Crippen molar-refractivity contribution in [3.63, 3.8) is 0 Å². The second kappa shape index (κ2) is 3.25. The summed E-state index contributed by atoms with van der Waals surface area (Å²) in [6.07, 6.45) is -3.08. The van der Waals surface area contributed by atoms with Gasteiger partial charge in [-0.15, -0.1) is 0 Å². The molecule has 0 aromatic rings. The number of hydrogen-bond acceptors (Lipinski definition) is 0. The predicted octanol–water partition coefficient (Wildman–Crippen LogP) is 2.89. The third kappa shape index (κ3) is 3.56. The van der Waals surface area contributed by atoms with Crippen LogP contribution in [0, 0.1) is 0 Å². The molecule has 0 amide bonds. The van der Waals surface area contributed by atoms with Crippen LogP contribution in [-0.2, 0) is 0 Å². The van der Waals surface area contributed by atoms with Crippen LogP contribution in [0.15, 0.2) is 11.6 Å². The molecule has 4 heteroatoms. The summed E-state index contributed by atoms with van der Waals surface area (Å²) in [5.74, 6) is 0. The average molecular weight is 203 g/mol. The molecule has 0 aromatic heterocycles. The molecule has 0 aliphatic rings. The molecule has 54 valence electrons. The number of halogens is 4. The minimum absolute atomic E-state index is 0.248. The van der Waals surface area contributed by atoms with Crippen LogP contribution in [0.4, 0.5) is 13.2 Å². The van der Waals surface area contributed by atoms with Crippen LogP contribution in [0.25, 0.3) is 0 Å². The molecule has 0 fully saturated rings. The molecule has 0 atom stereocenters. The number of alkyl halides is 4. The fourth-order valence-corrected chi connectivity index (χ4v) is 0.717. The van der Waals surface area contributed by atoms with Gasteiger partial charge in [-0.3, -0.25) is 0 Å². The highest BCUT2D eigenvalue weighted by molar-refractivity contribution is 9.09. The molecular formula is C5H6BrF3. The summed E-state index contributed by atoms with van der Waals surface area (Å²) in [6, 6.07) is 0. The van der Waals surface area contributed by atoms with Crippen LogP contribution >= 0.6 is 15.9 Å². The Bertz CT molecular complexity index is 114. The number of allylic oxidation sites excluding steroid dienone is 2. The van der Waals surface area contributed by atoms with Crippen molar-refractivity contribution in [2.24, 2.45) is 0 Å². The van der Waals surface area contributed by atoms with E-state index in [4.69, 9.17) is 0 Å². The third-order valence-electron chi connectivity index (χ3n) is 0.830. The van der Waals surface area contributed by atoms with Gasteiger partial charge in [0.15, 0.2) is 0 Å². The highest BCUT2D eigenvalue weighted by Crippen LogP contribution is 2.24. The Balaban J connectivity index is 4.03. The van der Waals surface area contributed by atoms with E-state index in [9.17, 15) is 13.2 Å². The smallest absolute Gasteiger partial charge is 0.167 e. The zero-order valence-electron chi connectivity index (χ0n) is 4.80. The van der Waals surface area contributed by atoms with Crippen molar-refractivity contribution in [1.82, 2.24) is 0 Å². The highest BCUT2D eigenvalue weighted by atomic mass is 79.9. The topological polar surface area (TPSA) is 0 Å². The Morgan fingerprint density at radius 1 is 1.56 bits per heavy atom. The molecule has 0 unspecified atom stereocenters. The minimum atomic E-state index is -4.16. The Morgan fingerprint density at radius 2 is 2.00 bits per heavy atom. The molecule has 0 nitrogen and oxygen atoms in total. The lowest BCUT2D eigenvalue weighted by molar-refractivity contribution is -0.0914. The zero-order valence-corrected chi connectivity index (χ0v) is 6.38. The Hall–Kier alpha value is 0.01000. The van der Waals surface area contributed by atoms with Crippen molar-refractivity contribution in [2.75, 3.05) is 5.33 Å². The fraction of sp³-hybridized carbons (Fsp3) is 0.600. The van der Waals surface area contributed by atoms with Crippen LogP contribution in [0.2, 0.25) is 0 Å². The van der Waals surface area contributed by atoms with Gasteiger partial charge in [0, 0.05) is 10.9 Å². The number of hydrogen-bond donors (Lipinski definition) is 0. The molecule has 0 spiro atoms. The lowest BCUT2D eigenvalue weighted by atomic mass is 10.3. The van der Waals surface area contributed by atoms with Gasteiger partial charge in [-0.2, -0.15) is 13.2 Å². The first-order valence-corrected chi connectivity index (χ1v) is 3.40. The summed E-state index contributed by atoms with van der Waals surface area (Å²) in [7, 11) is 0. The molecule has 0 aliphatic carbocycles. The molecule has 0 saturated carbocycles. The average Bonchev–Trinajstić information content (AvgIpc) is 1.64. The summed E-state index contributed by atoms with van der Waals surface area (Å²) in [5.41, 5.74) is -0.556. The fourth-order valence-electron chi connectivity index (χ4n) is 0.231. The zero-order chi connectivity index (χ0) is 7.49. The van der Waals surface area contributed by atoms with Gasteiger partial charge >= 0.3 is 6.18 Å². The maximum absolute atomic E-state index is 11.5. The normalized spacial score (nSPS) is 14.1. The lowest BCUT2D eigenvalue weighted by Crippen LogP contribution is -2.08. The van der Waals surface area contributed by atoms with Gasteiger partial charge in [0.2, 0.25) is 0 Å². The van der Waals surface area contributed by atoms with Crippen molar-refractivity contribution >= 4 is 15.9 Å². The van der Waals surface area contributed by atoms with Gasteiger partial charge in [-0.25, -0.2) is 0 Å². The Morgan fingerprint density at radius 3 is 2.11 bits per heavy atom. The van der Waals surface area contributed by atoms with Crippen LogP contribution in [-0.4, -0.2) is 11.5 Å². The van der Waals surface area contributed by atoms with E-state index in [1.807, 2.05) is 0 Å². The van der Waals surface area contributed by atoms with Crippen LogP contribution in [0.3, 0.4) is 0 Å². The summed E-state index contributed by atoms with van der Waals surface area (Å²) in [6.45, 7) is 1.04. The summed E-state index contributed by atoms with van der Waals surface area (Å²) in [5, 5.41) is 0.248. The van der Waals surface area contributed by atoms with Gasteiger partial charge in [0.1, 0.15) is 0 Å². The Kier molecular flexibility index (Phi) is 3.25. The first-order chi connectivity index (χ1) is 3.98. The van der Waals surface area contributed by atoms with E-state index in [1.165, 1.54) is 0 Å². The van der Waals surface area contributed by atoms with Crippen molar-refractivity contribution in [3.05, 3.63) is 11.6 Å². The molecule has 0 N–H and O–H groups in total. The lowest BCUT2D eigenvalue weighted by Gasteiger charge is -2.03. The quantitative estimate of drug-likeness (QED) is 0.454. The van der Waals surface area contributed by atoms with Crippen LogP contribution < -0.4 is 0 Å². The predicted molar refractivity (Wildman–Crippen MR) is 33.6 cm³/mol. The van der Waals surface area contributed by atoms with E-state index in [-0.39, 0.29) is 5.33 Å². The van der Waals surface area contributed by atoms with E-state index < -0.39 is 11.7 Å². The molecule has 0 aromatic carbocycles. The molecule has 0 aliphatic heterocycles. The molecule has 0 saturated heterocycles. The standard InChI is InChI=1S/C5H6BrF3/c1-4(2-3-6)5(7,8)9/h2H,3H2,1H3/b4-2-. The summed E-state index contributed by atoms with van der Waals surface area (Å²) < 4.78 is 34.6. The van der Waals surface area contributed by atoms with Crippen LogP contribution in [0.5, 0.6) is 0 Å². The van der Waals surface area contributed by atoms with Gasteiger partial charge in [0.25, 0.3) is 0 Å². The van der Waals surface area contributed by atoms with Gasteiger partial charge < -0.3 is 0 Å². The SMILES string of the molecule is C/C(=C/CBr)C(F)(F)F. The van der Waals surface area contributed by atoms with E-state index >= 15 is 0 Å². The largest absolute Gasteiger partial charge is 0.412 e. The molecule has 0 radical (unpaired) electrons. The second-order valence-corrected chi connectivity index (χ2v) is 2.19. The van der Waals surface area contributed by atoms with Gasteiger partial charge in [0.05, 0.1) is 0 Å². The molecule has 0 bridgehead atoms.